The van der Waals surface area contributed by atoms with Crippen LogP contribution in [0.15, 0.2) is 54.7 Å². The predicted molar refractivity (Wildman–Crippen MR) is 95.2 cm³/mol. The molecule has 1 fully saturated rings. The number of pyridine rings is 1. The smallest absolute Gasteiger partial charge is 0.269 e. The van der Waals surface area contributed by atoms with E-state index in [1.807, 2.05) is 18.2 Å². The summed E-state index contributed by atoms with van der Waals surface area (Å²) in [5, 5.41) is 10.6. The maximum Gasteiger partial charge on any atom is 0.269 e. The number of non-ortho nitro benzene ring substituents is 1. The van der Waals surface area contributed by atoms with Gasteiger partial charge in [-0.2, -0.15) is 0 Å². The molecule has 7 nitrogen and oxygen atoms in total. The van der Waals surface area contributed by atoms with E-state index in [9.17, 15) is 14.9 Å². The molecule has 1 aromatic carbocycles. The van der Waals surface area contributed by atoms with Crippen molar-refractivity contribution in [1.82, 2.24) is 9.88 Å². The number of nitro groups is 1. The van der Waals surface area contributed by atoms with Crippen LogP contribution in [0.25, 0.3) is 6.08 Å². The van der Waals surface area contributed by atoms with E-state index in [0.717, 1.165) is 24.5 Å². The number of rotatable bonds is 4. The van der Waals surface area contributed by atoms with Crippen LogP contribution in [0, 0.1) is 10.1 Å². The number of benzene rings is 1. The third kappa shape index (κ3) is 4.20. The van der Waals surface area contributed by atoms with E-state index in [1.165, 1.54) is 18.2 Å². The highest BCUT2D eigenvalue weighted by molar-refractivity contribution is 5.92. The molecular formula is C18H18N4O3. The standard InChI is InChI=1S/C18H18N4O3/c23-18(9-6-15-4-7-16(8-5-15)22(24)25)21-13-11-20(12-14-21)17-3-1-2-10-19-17/h1-10H,11-14H2/b9-6+. The average Bonchev–Trinajstić information content (AvgIpc) is 2.67. The lowest BCUT2D eigenvalue weighted by Crippen LogP contribution is -2.48. The summed E-state index contributed by atoms with van der Waals surface area (Å²) in [5.41, 5.74) is 0.792. The Hall–Kier alpha value is -3.22. The lowest BCUT2D eigenvalue weighted by Gasteiger charge is -2.34. The summed E-state index contributed by atoms with van der Waals surface area (Å²) in [6.07, 6.45) is 4.95. The van der Waals surface area contributed by atoms with E-state index in [4.69, 9.17) is 0 Å². The highest BCUT2D eigenvalue weighted by Crippen LogP contribution is 2.14. The molecule has 7 heteroatoms. The fourth-order valence-corrected chi connectivity index (χ4v) is 2.68. The number of nitrogens with zero attached hydrogens (tertiary/aromatic N) is 4. The average molecular weight is 338 g/mol. The van der Waals surface area contributed by atoms with Gasteiger partial charge in [-0.15, -0.1) is 0 Å². The Balaban J connectivity index is 1.55. The Labute approximate surface area is 145 Å². The van der Waals surface area contributed by atoms with Crippen molar-refractivity contribution in [3.05, 3.63) is 70.4 Å². The van der Waals surface area contributed by atoms with E-state index < -0.39 is 4.92 Å². The van der Waals surface area contributed by atoms with Crippen molar-refractivity contribution in [2.24, 2.45) is 0 Å². The minimum atomic E-state index is -0.445. The van der Waals surface area contributed by atoms with Gasteiger partial charge in [0.25, 0.3) is 5.69 Å². The molecule has 1 aromatic heterocycles. The van der Waals surface area contributed by atoms with Gasteiger partial charge in [-0.3, -0.25) is 14.9 Å². The molecular weight excluding hydrogens is 320 g/mol. The molecule has 0 saturated carbocycles. The SMILES string of the molecule is O=C(/C=C/c1ccc([N+](=O)[O-])cc1)N1CCN(c2ccccn2)CC1. The first-order valence-corrected chi connectivity index (χ1v) is 8.01. The first-order valence-electron chi connectivity index (χ1n) is 8.01. The summed E-state index contributed by atoms with van der Waals surface area (Å²) in [6.45, 7) is 2.77. The molecule has 2 aromatic rings. The van der Waals surface area contributed by atoms with Gasteiger partial charge in [-0.1, -0.05) is 6.07 Å². The maximum atomic E-state index is 12.3. The van der Waals surface area contributed by atoms with Gasteiger partial charge < -0.3 is 9.80 Å². The second-order valence-electron chi connectivity index (χ2n) is 5.68. The van der Waals surface area contributed by atoms with Crippen LogP contribution in [0.5, 0.6) is 0 Å². The van der Waals surface area contributed by atoms with Crippen molar-refractivity contribution in [3.8, 4) is 0 Å². The van der Waals surface area contributed by atoms with Crippen LogP contribution in [0.1, 0.15) is 5.56 Å². The van der Waals surface area contributed by atoms with Gasteiger partial charge >= 0.3 is 0 Å². The summed E-state index contributed by atoms with van der Waals surface area (Å²) in [4.78, 5) is 30.8. The predicted octanol–water partition coefficient (Wildman–Crippen LogP) is 2.35. The summed E-state index contributed by atoms with van der Waals surface area (Å²) < 4.78 is 0. The van der Waals surface area contributed by atoms with Crippen molar-refractivity contribution < 1.29 is 9.72 Å². The zero-order valence-corrected chi connectivity index (χ0v) is 13.6. The van der Waals surface area contributed by atoms with Gasteiger partial charge in [0, 0.05) is 50.6 Å². The van der Waals surface area contributed by atoms with Gasteiger partial charge in [0.15, 0.2) is 0 Å². The molecule has 0 N–H and O–H groups in total. The molecule has 3 rings (SSSR count). The van der Waals surface area contributed by atoms with Crippen LogP contribution in [0.3, 0.4) is 0 Å². The molecule has 25 heavy (non-hydrogen) atoms. The first kappa shape index (κ1) is 16.6. The van der Waals surface area contributed by atoms with Crippen molar-refractivity contribution in [1.29, 1.82) is 0 Å². The normalized spacial score (nSPS) is 14.7. The van der Waals surface area contributed by atoms with Crippen molar-refractivity contribution in [2.75, 3.05) is 31.1 Å². The molecule has 0 radical (unpaired) electrons. The van der Waals surface area contributed by atoms with E-state index in [-0.39, 0.29) is 11.6 Å². The molecule has 0 unspecified atom stereocenters. The van der Waals surface area contributed by atoms with E-state index in [2.05, 4.69) is 9.88 Å². The maximum absolute atomic E-state index is 12.3. The highest BCUT2D eigenvalue weighted by Gasteiger charge is 2.20. The molecule has 0 aliphatic carbocycles. The fourth-order valence-electron chi connectivity index (χ4n) is 2.68. The quantitative estimate of drug-likeness (QED) is 0.486. The number of hydrogen-bond acceptors (Lipinski definition) is 5. The Morgan fingerprint density at radius 2 is 1.80 bits per heavy atom. The topological polar surface area (TPSA) is 79.6 Å². The summed E-state index contributed by atoms with van der Waals surface area (Å²) >= 11 is 0. The Bertz CT molecular complexity index is 767. The minimum absolute atomic E-state index is 0.0362. The van der Waals surface area contributed by atoms with Crippen molar-refractivity contribution in [2.45, 2.75) is 0 Å². The second kappa shape index (κ2) is 7.57. The third-order valence-electron chi connectivity index (χ3n) is 4.09. The van der Waals surface area contributed by atoms with Crippen LogP contribution in [0.2, 0.25) is 0 Å². The van der Waals surface area contributed by atoms with E-state index in [1.54, 1.807) is 29.3 Å². The molecule has 0 bridgehead atoms. The number of hydrogen-bond donors (Lipinski definition) is 0. The van der Waals surface area contributed by atoms with E-state index >= 15 is 0 Å². The number of carbonyl (C=O) groups excluding carboxylic acids is 1. The Morgan fingerprint density at radius 1 is 1.08 bits per heavy atom. The lowest BCUT2D eigenvalue weighted by molar-refractivity contribution is -0.384. The molecule has 1 amide bonds. The first-order chi connectivity index (χ1) is 12.1. The molecule has 0 spiro atoms. The number of nitro benzene ring substituents is 1. The van der Waals surface area contributed by atoms with Crippen LogP contribution in [0.4, 0.5) is 11.5 Å². The molecule has 1 saturated heterocycles. The second-order valence-corrected chi connectivity index (χ2v) is 5.68. The minimum Gasteiger partial charge on any atom is -0.353 e. The van der Waals surface area contributed by atoms with Crippen LogP contribution in [-0.2, 0) is 4.79 Å². The number of aromatic nitrogens is 1. The number of anilines is 1. The van der Waals surface area contributed by atoms with Gasteiger partial charge in [0.2, 0.25) is 5.91 Å². The molecule has 128 valence electrons. The van der Waals surface area contributed by atoms with Crippen LogP contribution >= 0.6 is 0 Å². The van der Waals surface area contributed by atoms with Gasteiger partial charge in [-0.25, -0.2) is 4.98 Å². The van der Waals surface area contributed by atoms with Gasteiger partial charge in [0.1, 0.15) is 5.82 Å². The summed E-state index contributed by atoms with van der Waals surface area (Å²) in [6, 6.07) is 11.9. The Kier molecular flexibility index (Phi) is 5.03. The highest BCUT2D eigenvalue weighted by atomic mass is 16.6. The largest absolute Gasteiger partial charge is 0.353 e. The molecule has 0 atom stereocenters. The van der Waals surface area contributed by atoms with Crippen LogP contribution in [-0.4, -0.2) is 46.9 Å². The van der Waals surface area contributed by atoms with Crippen molar-refractivity contribution >= 4 is 23.5 Å². The zero-order valence-electron chi connectivity index (χ0n) is 13.6. The monoisotopic (exact) mass is 338 g/mol. The molecule has 2 heterocycles. The van der Waals surface area contributed by atoms with Gasteiger partial charge in [-0.05, 0) is 35.9 Å². The number of piperazine rings is 1. The Morgan fingerprint density at radius 3 is 2.40 bits per heavy atom. The van der Waals surface area contributed by atoms with E-state index in [0.29, 0.717) is 13.1 Å². The summed E-state index contributed by atoms with van der Waals surface area (Å²) in [5.74, 6) is 0.870. The summed E-state index contributed by atoms with van der Waals surface area (Å²) in [7, 11) is 0. The number of carbonyl (C=O) groups is 1. The molecule has 1 aliphatic heterocycles. The van der Waals surface area contributed by atoms with Gasteiger partial charge in [0.05, 0.1) is 4.92 Å². The third-order valence-corrected chi connectivity index (χ3v) is 4.09. The lowest BCUT2D eigenvalue weighted by atomic mass is 10.2. The number of amides is 1. The fraction of sp³-hybridized carbons (Fsp3) is 0.222. The van der Waals surface area contributed by atoms with Crippen LogP contribution < -0.4 is 4.90 Å². The zero-order chi connectivity index (χ0) is 17.6. The van der Waals surface area contributed by atoms with Crippen molar-refractivity contribution in [3.63, 3.8) is 0 Å². The molecule has 1 aliphatic rings.